The minimum absolute atomic E-state index is 0.0302. The second-order valence-electron chi connectivity index (χ2n) is 7.81. The van der Waals surface area contributed by atoms with Crippen molar-refractivity contribution in [1.29, 1.82) is 0 Å². The SMILES string of the molecule is COC1CN(c2ncc(N3CCN(c4cccc(COC(=O)N=C(N)N)c4F)CC3=O)cn2)C1. The monoisotopic (exact) mass is 472 g/mol. The molecular formula is C21H25FN8O4. The number of anilines is 3. The van der Waals surface area contributed by atoms with Gasteiger partial charge in [-0.25, -0.2) is 19.2 Å². The van der Waals surface area contributed by atoms with Gasteiger partial charge in [0, 0.05) is 38.9 Å². The van der Waals surface area contributed by atoms with Gasteiger partial charge in [0.15, 0.2) is 11.8 Å². The van der Waals surface area contributed by atoms with Crippen LogP contribution in [0.1, 0.15) is 5.56 Å². The summed E-state index contributed by atoms with van der Waals surface area (Å²) in [5.41, 5.74) is 11.2. The number of aromatic nitrogens is 2. The quantitative estimate of drug-likeness (QED) is 0.441. The number of halogens is 1. The molecule has 4 rings (SSSR count). The molecule has 34 heavy (non-hydrogen) atoms. The number of hydrogen-bond acceptors (Lipinski definition) is 8. The molecule has 2 aliphatic rings. The van der Waals surface area contributed by atoms with Crippen LogP contribution >= 0.6 is 0 Å². The minimum Gasteiger partial charge on any atom is -0.443 e. The van der Waals surface area contributed by atoms with Crippen molar-refractivity contribution in [2.75, 3.05) is 54.5 Å². The maximum absolute atomic E-state index is 15.1. The molecule has 0 aliphatic carbocycles. The molecule has 2 aromatic rings. The Morgan fingerprint density at radius 3 is 2.59 bits per heavy atom. The molecule has 0 saturated carbocycles. The lowest BCUT2D eigenvalue weighted by molar-refractivity contribution is -0.117. The summed E-state index contributed by atoms with van der Waals surface area (Å²) in [5.74, 6) is -0.661. The first-order valence-electron chi connectivity index (χ1n) is 10.5. The Morgan fingerprint density at radius 2 is 1.94 bits per heavy atom. The van der Waals surface area contributed by atoms with Gasteiger partial charge in [-0.1, -0.05) is 12.1 Å². The first kappa shape index (κ1) is 23.2. The normalized spacial score (nSPS) is 16.3. The third kappa shape index (κ3) is 4.98. The maximum Gasteiger partial charge on any atom is 0.437 e. The Kier molecular flexibility index (Phi) is 6.72. The number of rotatable bonds is 6. The number of carbonyl (C=O) groups excluding carboxylic acids is 2. The van der Waals surface area contributed by atoms with Crippen molar-refractivity contribution in [3.05, 3.63) is 42.0 Å². The summed E-state index contributed by atoms with van der Waals surface area (Å²) in [7, 11) is 1.67. The largest absolute Gasteiger partial charge is 0.443 e. The fourth-order valence-corrected chi connectivity index (χ4v) is 3.72. The van der Waals surface area contributed by atoms with E-state index in [0.717, 1.165) is 13.1 Å². The van der Waals surface area contributed by atoms with Crippen molar-refractivity contribution in [3.8, 4) is 0 Å². The number of ether oxygens (including phenoxy) is 2. The standard InChI is InChI=1S/C21H25FN8O4/c1-33-15-9-29(10-15)20-25-7-14(8-26-20)30-6-5-28(11-17(30)31)16-4-2-3-13(18(16)22)12-34-21(32)27-19(23)24/h2-4,7-8,15H,5-6,9-12H2,1H3,(H4,23,24,27,32). The number of benzene rings is 1. The lowest BCUT2D eigenvalue weighted by Gasteiger charge is -2.38. The predicted molar refractivity (Wildman–Crippen MR) is 122 cm³/mol. The third-order valence-electron chi connectivity index (χ3n) is 5.59. The Balaban J connectivity index is 1.38. The third-order valence-corrected chi connectivity index (χ3v) is 5.59. The van der Waals surface area contributed by atoms with Gasteiger partial charge in [-0.2, -0.15) is 0 Å². The second kappa shape index (κ2) is 9.87. The van der Waals surface area contributed by atoms with E-state index in [-0.39, 0.29) is 36.4 Å². The molecule has 0 radical (unpaired) electrons. The summed E-state index contributed by atoms with van der Waals surface area (Å²) < 4.78 is 25.2. The van der Waals surface area contributed by atoms with Crippen LogP contribution in [0.25, 0.3) is 0 Å². The molecule has 0 spiro atoms. The van der Waals surface area contributed by atoms with E-state index >= 15 is 4.39 Å². The highest BCUT2D eigenvalue weighted by Gasteiger charge is 2.30. The summed E-state index contributed by atoms with van der Waals surface area (Å²) in [6.07, 6.45) is 2.39. The van der Waals surface area contributed by atoms with Crippen LogP contribution in [0.15, 0.2) is 35.6 Å². The lowest BCUT2D eigenvalue weighted by Crippen LogP contribution is -2.52. The van der Waals surface area contributed by atoms with Gasteiger partial charge in [0.1, 0.15) is 6.61 Å². The van der Waals surface area contributed by atoms with Gasteiger partial charge >= 0.3 is 6.09 Å². The molecule has 2 aliphatic heterocycles. The molecule has 2 saturated heterocycles. The van der Waals surface area contributed by atoms with Crippen LogP contribution in [-0.2, 0) is 20.9 Å². The highest BCUT2D eigenvalue weighted by Crippen LogP contribution is 2.26. The Hall–Kier alpha value is -4.00. The number of carbonyl (C=O) groups is 2. The Morgan fingerprint density at radius 1 is 1.21 bits per heavy atom. The van der Waals surface area contributed by atoms with Crippen LogP contribution in [0.4, 0.5) is 26.5 Å². The van der Waals surface area contributed by atoms with Crippen LogP contribution in [-0.4, -0.2) is 73.9 Å². The second-order valence-corrected chi connectivity index (χ2v) is 7.81. The number of piperazine rings is 1. The number of nitrogens with two attached hydrogens (primary N) is 2. The molecule has 0 unspecified atom stereocenters. The molecule has 13 heteroatoms. The molecule has 0 bridgehead atoms. The molecule has 12 nitrogen and oxygen atoms in total. The van der Waals surface area contributed by atoms with Gasteiger partial charge in [0.2, 0.25) is 11.9 Å². The van der Waals surface area contributed by atoms with Crippen molar-refractivity contribution in [2.24, 2.45) is 16.5 Å². The zero-order valence-corrected chi connectivity index (χ0v) is 18.6. The van der Waals surface area contributed by atoms with Gasteiger partial charge in [0.25, 0.3) is 0 Å². The molecule has 1 aromatic heterocycles. The number of amides is 2. The maximum atomic E-state index is 15.1. The van der Waals surface area contributed by atoms with E-state index in [1.54, 1.807) is 41.4 Å². The van der Waals surface area contributed by atoms with Gasteiger partial charge in [0.05, 0.1) is 36.4 Å². The minimum atomic E-state index is -1.02. The fourth-order valence-electron chi connectivity index (χ4n) is 3.72. The molecule has 2 amide bonds. The van der Waals surface area contributed by atoms with Gasteiger partial charge in [-0.05, 0) is 6.07 Å². The Bertz CT molecular complexity index is 1090. The number of aliphatic imine (C=N–C) groups is 1. The van der Waals surface area contributed by atoms with Crippen molar-refractivity contribution in [1.82, 2.24) is 9.97 Å². The summed E-state index contributed by atoms with van der Waals surface area (Å²) in [6.45, 7) is 1.80. The predicted octanol–water partition coefficient (Wildman–Crippen LogP) is 0.214. The lowest BCUT2D eigenvalue weighted by atomic mass is 10.1. The molecular weight excluding hydrogens is 447 g/mol. The van der Waals surface area contributed by atoms with E-state index in [0.29, 0.717) is 24.7 Å². The fraction of sp³-hybridized carbons (Fsp3) is 0.381. The van der Waals surface area contributed by atoms with E-state index in [2.05, 4.69) is 15.0 Å². The van der Waals surface area contributed by atoms with E-state index < -0.39 is 17.9 Å². The average molecular weight is 472 g/mol. The summed E-state index contributed by atoms with van der Waals surface area (Å²) >= 11 is 0. The molecule has 180 valence electrons. The average Bonchev–Trinajstić information content (AvgIpc) is 2.78. The van der Waals surface area contributed by atoms with Gasteiger partial charge in [-0.15, -0.1) is 4.99 Å². The number of hydrogen-bond donors (Lipinski definition) is 2. The van der Waals surface area contributed by atoms with E-state index in [1.807, 2.05) is 4.90 Å². The summed E-state index contributed by atoms with van der Waals surface area (Å²) in [4.78, 5) is 41.4. The van der Waals surface area contributed by atoms with E-state index in [4.69, 9.17) is 20.9 Å². The van der Waals surface area contributed by atoms with Crippen LogP contribution in [0.2, 0.25) is 0 Å². The molecule has 1 aromatic carbocycles. The van der Waals surface area contributed by atoms with Crippen molar-refractivity contribution < 1.29 is 23.5 Å². The van der Waals surface area contributed by atoms with E-state index in [9.17, 15) is 9.59 Å². The van der Waals surface area contributed by atoms with Crippen molar-refractivity contribution in [3.63, 3.8) is 0 Å². The van der Waals surface area contributed by atoms with Crippen LogP contribution in [0, 0.1) is 5.82 Å². The van der Waals surface area contributed by atoms with E-state index in [1.165, 1.54) is 6.07 Å². The van der Waals surface area contributed by atoms with Crippen LogP contribution < -0.4 is 26.2 Å². The first-order valence-corrected chi connectivity index (χ1v) is 10.5. The molecule has 3 heterocycles. The number of methoxy groups -OCH3 is 1. The van der Waals surface area contributed by atoms with Crippen molar-refractivity contribution >= 4 is 35.3 Å². The summed E-state index contributed by atoms with van der Waals surface area (Å²) in [6, 6.07) is 4.67. The number of nitrogens with zero attached hydrogens (tertiary/aromatic N) is 6. The first-order chi connectivity index (χ1) is 16.4. The Labute approximate surface area is 195 Å². The number of guanidine groups is 1. The molecule has 0 atom stereocenters. The van der Waals surface area contributed by atoms with Gasteiger partial charge in [-0.3, -0.25) is 4.79 Å². The highest BCUT2D eigenvalue weighted by molar-refractivity contribution is 5.97. The summed E-state index contributed by atoms with van der Waals surface area (Å²) in [5, 5.41) is 0. The zero-order valence-electron chi connectivity index (χ0n) is 18.6. The zero-order chi connectivity index (χ0) is 24.2. The smallest absolute Gasteiger partial charge is 0.437 e. The van der Waals surface area contributed by atoms with Crippen LogP contribution in [0.3, 0.4) is 0 Å². The topological polar surface area (TPSA) is 152 Å². The van der Waals surface area contributed by atoms with Gasteiger partial charge < -0.3 is 35.6 Å². The molecule has 4 N–H and O–H groups in total. The molecule has 2 fully saturated rings. The highest BCUT2D eigenvalue weighted by atomic mass is 19.1. The van der Waals surface area contributed by atoms with Crippen molar-refractivity contribution in [2.45, 2.75) is 12.7 Å². The van der Waals surface area contributed by atoms with Crippen LogP contribution in [0.5, 0.6) is 0 Å².